The molecule has 5 fully saturated rings. The van der Waals surface area contributed by atoms with Crippen molar-refractivity contribution >= 4 is 5.78 Å². The summed E-state index contributed by atoms with van der Waals surface area (Å²) in [7, 11) is 0. The summed E-state index contributed by atoms with van der Waals surface area (Å²) < 4.78 is 0. The maximum absolute atomic E-state index is 12.8. The van der Waals surface area contributed by atoms with Crippen LogP contribution in [0.1, 0.15) is 113 Å². The molecule has 0 saturated heterocycles. The zero-order valence-electron chi connectivity index (χ0n) is 21.9. The number of aliphatic hydroxyl groups is 1. The van der Waals surface area contributed by atoms with Crippen molar-refractivity contribution in [3.63, 3.8) is 0 Å². The van der Waals surface area contributed by atoms with Crippen LogP contribution >= 0.6 is 0 Å². The Morgan fingerprint density at radius 3 is 2.31 bits per heavy atom. The summed E-state index contributed by atoms with van der Waals surface area (Å²) in [6, 6.07) is 0. The van der Waals surface area contributed by atoms with Gasteiger partial charge in [-0.25, -0.2) is 0 Å². The predicted octanol–water partition coefficient (Wildman–Crippen LogP) is 7.35. The van der Waals surface area contributed by atoms with Crippen molar-refractivity contribution in [3.8, 4) is 0 Å². The van der Waals surface area contributed by atoms with E-state index in [1.54, 1.807) is 0 Å². The van der Waals surface area contributed by atoms with Crippen LogP contribution < -0.4 is 0 Å². The van der Waals surface area contributed by atoms with Gasteiger partial charge in [0.2, 0.25) is 0 Å². The van der Waals surface area contributed by atoms with Gasteiger partial charge in [-0.15, -0.1) is 0 Å². The number of rotatable bonds is 4. The number of hydrogen-bond donors (Lipinski definition) is 1. The van der Waals surface area contributed by atoms with Crippen LogP contribution in [-0.2, 0) is 4.79 Å². The third-order valence-corrected chi connectivity index (χ3v) is 12.6. The Morgan fingerprint density at radius 2 is 1.62 bits per heavy atom. The number of carbonyl (C=O) groups excluding carboxylic acids is 1. The Hall–Kier alpha value is -0.630. The van der Waals surface area contributed by atoms with Gasteiger partial charge in [-0.3, -0.25) is 4.79 Å². The van der Waals surface area contributed by atoms with Crippen molar-refractivity contribution in [1.82, 2.24) is 0 Å². The number of fused-ring (bicyclic) bond motifs is 2. The molecule has 2 heteroatoms. The van der Waals surface area contributed by atoms with Gasteiger partial charge in [0.15, 0.2) is 0 Å². The van der Waals surface area contributed by atoms with Crippen LogP contribution in [0.5, 0.6) is 0 Å². The predicted molar refractivity (Wildman–Crippen MR) is 131 cm³/mol. The number of ketones is 1. The molecule has 0 amide bonds. The second-order valence-electron chi connectivity index (χ2n) is 14.6. The standard InChI is InChI=1S/C30H48O2/c1-20(9-8-14-25(2,3)32)21-12-15-28(7)23-11-10-22-26(4,5)24(31)13-16-29(22)19-30(23,29)18-17-27(21,28)6/h8,14,20-23,32H,9-13,15-19H2,1-7H3/b14-8+/t20-,21-,22+,23-,27-,28+,29-,30+/m1/s1. The summed E-state index contributed by atoms with van der Waals surface area (Å²) in [5.41, 5.74) is 1.09. The van der Waals surface area contributed by atoms with Gasteiger partial charge >= 0.3 is 0 Å². The van der Waals surface area contributed by atoms with E-state index in [4.69, 9.17) is 0 Å². The number of Topliss-reactive ketones (excluding diaryl/α,β-unsaturated/α-hetero) is 1. The van der Waals surface area contributed by atoms with E-state index in [0.29, 0.717) is 39.3 Å². The fraction of sp³-hybridized carbons (Fsp3) is 0.900. The van der Waals surface area contributed by atoms with Crippen molar-refractivity contribution in [2.45, 2.75) is 118 Å². The summed E-state index contributed by atoms with van der Waals surface area (Å²) in [6.07, 6.45) is 16.9. The van der Waals surface area contributed by atoms with Crippen LogP contribution in [0.4, 0.5) is 0 Å². The minimum Gasteiger partial charge on any atom is -0.386 e. The molecule has 0 aliphatic heterocycles. The van der Waals surface area contributed by atoms with Gasteiger partial charge in [-0.05, 0) is 117 Å². The molecule has 8 atom stereocenters. The van der Waals surface area contributed by atoms with Crippen LogP contribution in [0.2, 0.25) is 0 Å². The van der Waals surface area contributed by atoms with Crippen LogP contribution in [-0.4, -0.2) is 16.5 Å². The Kier molecular flexibility index (Phi) is 4.87. The molecule has 0 bridgehead atoms. The quantitative estimate of drug-likeness (QED) is 0.464. The highest BCUT2D eigenvalue weighted by atomic mass is 16.3. The number of hydrogen-bond acceptors (Lipinski definition) is 2. The molecule has 5 aliphatic carbocycles. The maximum atomic E-state index is 12.8. The van der Waals surface area contributed by atoms with Gasteiger partial charge in [0, 0.05) is 11.8 Å². The molecule has 180 valence electrons. The van der Waals surface area contributed by atoms with Gasteiger partial charge in [-0.1, -0.05) is 46.8 Å². The zero-order valence-corrected chi connectivity index (χ0v) is 21.9. The van der Waals surface area contributed by atoms with Crippen molar-refractivity contribution in [2.75, 3.05) is 0 Å². The van der Waals surface area contributed by atoms with Gasteiger partial charge in [0.05, 0.1) is 5.60 Å². The topological polar surface area (TPSA) is 37.3 Å². The van der Waals surface area contributed by atoms with Gasteiger partial charge < -0.3 is 5.11 Å². The minimum absolute atomic E-state index is 0.103. The molecular formula is C30H48O2. The summed E-state index contributed by atoms with van der Waals surface area (Å²) in [5.74, 6) is 3.48. The van der Waals surface area contributed by atoms with Crippen molar-refractivity contribution in [1.29, 1.82) is 0 Å². The first-order valence-corrected chi connectivity index (χ1v) is 13.7. The molecule has 0 aromatic heterocycles. The normalized spacial score (nSPS) is 50.4. The lowest BCUT2D eigenvalue weighted by Gasteiger charge is -2.62. The molecular weight excluding hydrogens is 392 g/mol. The number of carbonyl (C=O) groups is 1. The molecule has 32 heavy (non-hydrogen) atoms. The molecule has 0 aromatic rings. The monoisotopic (exact) mass is 440 g/mol. The first-order valence-electron chi connectivity index (χ1n) is 13.7. The van der Waals surface area contributed by atoms with E-state index >= 15 is 0 Å². The lowest BCUT2D eigenvalue weighted by Crippen LogP contribution is -2.57. The van der Waals surface area contributed by atoms with E-state index in [1.165, 1.54) is 51.4 Å². The Bertz CT molecular complexity index is 832. The average Bonchev–Trinajstić information content (AvgIpc) is 3.27. The molecule has 2 spiro atoms. The van der Waals surface area contributed by atoms with Crippen LogP contribution in [0.15, 0.2) is 12.2 Å². The highest BCUT2D eigenvalue weighted by molar-refractivity contribution is 5.86. The lowest BCUT2D eigenvalue weighted by molar-refractivity contribution is -0.156. The summed E-state index contributed by atoms with van der Waals surface area (Å²) in [5, 5.41) is 10.1. The maximum Gasteiger partial charge on any atom is 0.138 e. The molecule has 0 heterocycles. The van der Waals surface area contributed by atoms with Crippen LogP contribution in [0.3, 0.4) is 0 Å². The molecule has 5 saturated carbocycles. The molecule has 0 unspecified atom stereocenters. The smallest absolute Gasteiger partial charge is 0.138 e. The first-order chi connectivity index (χ1) is 14.7. The minimum atomic E-state index is -0.709. The Labute approximate surface area is 197 Å². The molecule has 5 aliphatic rings. The van der Waals surface area contributed by atoms with E-state index in [1.807, 2.05) is 19.9 Å². The van der Waals surface area contributed by atoms with E-state index in [-0.39, 0.29) is 5.41 Å². The summed E-state index contributed by atoms with van der Waals surface area (Å²) in [4.78, 5) is 12.8. The second kappa shape index (κ2) is 6.73. The highest BCUT2D eigenvalue weighted by Crippen LogP contribution is 2.88. The zero-order chi connectivity index (χ0) is 23.4. The van der Waals surface area contributed by atoms with Gasteiger partial charge in [0.25, 0.3) is 0 Å². The van der Waals surface area contributed by atoms with Crippen molar-refractivity contribution in [2.24, 2.45) is 50.7 Å². The summed E-state index contributed by atoms with van der Waals surface area (Å²) >= 11 is 0. The molecule has 0 aromatic carbocycles. The molecule has 0 radical (unpaired) electrons. The largest absolute Gasteiger partial charge is 0.386 e. The van der Waals surface area contributed by atoms with E-state index < -0.39 is 5.60 Å². The highest BCUT2D eigenvalue weighted by Gasteiger charge is 2.82. The third-order valence-electron chi connectivity index (χ3n) is 12.6. The van der Waals surface area contributed by atoms with Crippen molar-refractivity contribution in [3.05, 3.63) is 12.2 Å². The fourth-order valence-electron chi connectivity index (χ4n) is 10.9. The van der Waals surface area contributed by atoms with Gasteiger partial charge in [0.1, 0.15) is 5.78 Å². The second-order valence-corrected chi connectivity index (χ2v) is 14.6. The van der Waals surface area contributed by atoms with Crippen molar-refractivity contribution < 1.29 is 9.90 Å². The Morgan fingerprint density at radius 1 is 0.969 bits per heavy atom. The number of allylic oxidation sites excluding steroid dienone is 1. The molecule has 2 nitrogen and oxygen atoms in total. The van der Waals surface area contributed by atoms with E-state index in [0.717, 1.165) is 24.7 Å². The van der Waals surface area contributed by atoms with Gasteiger partial charge in [-0.2, -0.15) is 0 Å². The average molecular weight is 441 g/mol. The molecule has 1 N–H and O–H groups in total. The van der Waals surface area contributed by atoms with Crippen LogP contribution in [0.25, 0.3) is 0 Å². The summed E-state index contributed by atoms with van der Waals surface area (Å²) in [6.45, 7) is 16.1. The van der Waals surface area contributed by atoms with Crippen LogP contribution in [0, 0.1) is 50.7 Å². The SMILES string of the molecule is C[C@H](C/C=C/C(C)(C)O)[C@H]1CC[C@@]2(C)[C@H]3CC[C@H]4C(C)(C)C(=O)CC[C@@]45C[C@@]35CC[C@]12C. The van der Waals surface area contributed by atoms with E-state index in [9.17, 15) is 9.90 Å². The van der Waals surface area contributed by atoms with E-state index in [2.05, 4.69) is 40.7 Å². The molecule has 5 rings (SSSR count). The lowest BCUT2D eigenvalue weighted by atomic mass is 9.42. The fourth-order valence-corrected chi connectivity index (χ4v) is 10.9. The Balaban J connectivity index is 1.40. The first kappa shape index (κ1) is 23.1. The third kappa shape index (κ3) is 2.77.